The van der Waals surface area contributed by atoms with Crippen molar-refractivity contribution < 1.29 is 9.59 Å². The quantitative estimate of drug-likeness (QED) is 0.327. The van der Waals surface area contributed by atoms with Gasteiger partial charge in [-0.15, -0.1) is 0 Å². The highest BCUT2D eigenvalue weighted by molar-refractivity contribution is 6.42. The molecule has 2 saturated carbocycles. The van der Waals surface area contributed by atoms with Gasteiger partial charge in [0.2, 0.25) is 5.91 Å². The number of urea groups is 1. The lowest BCUT2D eigenvalue weighted by molar-refractivity contribution is -0.127. The zero-order valence-corrected chi connectivity index (χ0v) is 27.3. The number of rotatable bonds is 10. The zero-order chi connectivity index (χ0) is 30.2. The first-order chi connectivity index (χ1) is 20.9. The van der Waals surface area contributed by atoms with E-state index < -0.39 is 6.04 Å². The average Bonchev–Trinajstić information content (AvgIpc) is 3.37. The van der Waals surface area contributed by atoms with Crippen LogP contribution in [0.4, 0.5) is 4.79 Å². The summed E-state index contributed by atoms with van der Waals surface area (Å²) in [7, 11) is 0. The van der Waals surface area contributed by atoms with Gasteiger partial charge in [0.15, 0.2) is 0 Å². The molecule has 8 nitrogen and oxygen atoms in total. The molecule has 2 aliphatic carbocycles. The molecule has 5 rings (SSSR count). The maximum atomic E-state index is 13.7. The van der Waals surface area contributed by atoms with E-state index >= 15 is 0 Å². The van der Waals surface area contributed by atoms with Gasteiger partial charge in [-0.2, -0.15) is 0 Å². The molecule has 3 amide bonds. The minimum Gasteiger partial charge on any atom is -0.354 e. The predicted octanol–water partition coefficient (Wildman–Crippen LogP) is 6.10. The number of nitrogens with one attached hydrogen (secondary N) is 2. The number of nitrogens with zero attached hydrogens (tertiary/aromatic N) is 4. The number of carbonyl (C=O) groups is 2. The average molecular weight is 634 g/mol. The summed E-state index contributed by atoms with van der Waals surface area (Å²) >= 11 is 12.4. The van der Waals surface area contributed by atoms with Crippen LogP contribution in [0.15, 0.2) is 23.2 Å². The SMILES string of the molecule is CC1N=CN(Cc2ccc(Cl)c(Cl)c2)C1CCNC(=O)C1CN(CCC2CCCCC2)CCN1C(=O)NC1CCCCC1. The lowest BCUT2D eigenvalue weighted by Gasteiger charge is -2.41. The van der Waals surface area contributed by atoms with Crippen LogP contribution in [0.2, 0.25) is 10.0 Å². The highest BCUT2D eigenvalue weighted by Gasteiger charge is 2.36. The fraction of sp³-hybridized carbons (Fsp3) is 0.727. The Kier molecular flexibility index (Phi) is 11.9. The van der Waals surface area contributed by atoms with Crippen molar-refractivity contribution in [2.24, 2.45) is 10.9 Å². The van der Waals surface area contributed by atoms with E-state index in [0.29, 0.717) is 36.2 Å². The van der Waals surface area contributed by atoms with Crippen LogP contribution in [0, 0.1) is 5.92 Å². The Morgan fingerprint density at radius 2 is 1.70 bits per heavy atom. The van der Waals surface area contributed by atoms with Gasteiger partial charge in [0.1, 0.15) is 6.04 Å². The van der Waals surface area contributed by atoms with Gasteiger partial charge in [0, 0.05) is 38.8 Å². The third-order valence-electron chi connectivity index (χ3n) is 10.1. The van der Waals surface area contributed by atoms with Crippen LogP contribution in [0.1, 0.15) is 89.5 Å². The van der Waals surface area contributed by atoms with Gasteiger partial charge in [0.05, 0.1) is 28.5 Å². The molecule has 0 spiro atoms. The molecule has 2 aliphatic heterocycles. The number of piperazine rings is 1. The molecule has 3 atom stereocenters. The molecular formula is C33H50Cl2N6O2. The summed E-state index contributed by atoms with van der Waals surface area (Å²) in [6.07, 6.45) is 16.2. The molecular weight excluding hydrogens is 583 g/mol. The van der Waals surface area contributed by atoms with E-state index in [2.05, 4.69) is 32.3 Å². The van der Waals surface area contributed by atoms with Gasteiger partial charge in [-0.3, -0.25) is 14.7 Å². The Bertz CT molecular complexity index is 1110. The van der Waals surface area contributed by atoms with Crippen LogP contribution < -0.4 is 10.6 Å². The molecule has 2 N–H and O–H groups in total. The third kappa shape index (κ3) is 9.01. The van der Waals surface area contributed by atoms with Gasteiger partial charge in [-0.05, 0) is 62.8 Å². The minimum absolute atomic E-state index is 0.0521. The van der Waals surface area contributed by atoms with Crippen LogP contribution in [-0.2, 0) is 11.3 Å². The fourth-order valence-corrected chi connectivity index (χ4v) is 7.70. The maximum absolute atomic E-state index is 13.7. The van der Waals surface area contributed by atoms with Crippen molar-refractivity contribution >= 4 is 41.5 Å². The van der Waals surface area contributed by atoms with E-state index in [9.17, 15) is 9.59 Å². The number of carbonyl (C=O) groups excluding carboxylic acids is 2. The van der Waals surface area contributed by atoms with E-state index in [1.807, 2.05) is 24.5 Å². The van der Waals surface area contributed by atoms with E-state index in [-0.39, 0.29) is 30.1 Å². The predicted molar refractivity (Wildman–Crippen MR) is 175 cm³/mol. The highest BCUT2D eigenvalue weighted by atomic mass is 35.5. The van der Waals surface area contributed by atoms with Crippen molar-refractivity contribution in [3.63, 3.8) is 0 Å². The number of halogens is 2. The molecule has 10 heteroatoms. The van der Waals surface area contributed by atoms with Crippen molar-refractivity contribution in [2.45, 2.75) is 115 Å². The second kappa shape index (κ2) is 15.8. The molecule has 0 aromatic heterocycles. The van der Waals surface area contributed by atoms with E-state index in [0.717, 1.165) is 56.7 Å². The molecule has 43 heavy (non-hydrogen) atoms. The standard InChI is InChI=1S/C33H50Cl2N6O2/c1-24-30(40(23-37-24)21-26-12-13-28(34)29(35)20-26)14-16-36-32(42)31-22-39(17-15-25-8-4-2-5-9-25)18-19-41(31)33(43)38-27-10-6-3-7-11-27/h12-13,20,23-25,27,30-31H,2-11,14-19,21-22H2,1H3,(H,36,42)(H,38,43). The Labute approximate surface area is 267 Å². The van der Waals surface area contributed by atoms with Crippen molar-refractivity contribution in [1.29, 1.82) is 0 Å². The van der Waals surface area contributed by atoms with Crippen molar-refractivity contribution in [1.82, 2.24) is 25.3 Å². The first-order valence-corrected chi connectivity index (χ1v) is 17.4. The first kappa shape index (κ1) is 32.4. The monoisotopic (exact) mass is 632 g/mol. The Morgan fingerprint density at radius 3 is 2.44 bits per heavy atom. The Hall–Kier alpha value is -2.03. The van der Waals surface area contributed by atoms with Crippen LogP contribution in [0.3, 0.4) is 0 Å². The van der Waals surface area contributed by atoms with Crippen LogP contribution in [0.5, 0.6) is 0 Å². The molecule has 3 fully saturated rings. The molecule has 1 saturated heterocycles. The summed E-state index contributed by atoms with van der Waals surface area (Å²) in [6, 6.07) is 5.66. The molecule has 1 aromatic carbocycles. The number of benzene rings is 1. The molecule has 0 bridgehead atoms. The fourth-order valence-electron chi connectivity index (χ4n) is 7.38. The Balaban J connectivity index is 1.17. The summed E-state index contributed by atoms with van der Waals surface area (Å²) in [5.41, 5.74) is 1.07. The van der Waals surface area contributed by atoms with Gasteiger partial charge < -0.3 is 20.4 Å². The first-order valence-electron chi connectivity index (χ1n) is 16.7. The van der Waals surface area contributed by atoms with E-state index in [1.54, 1.807) is 4.90 Å². The number of aliphatic imine (C=N–C) groups is 1. The summed E-state index contributed by atoms with van der Waals surface area (Å²) < 4.78 is 0. The molecule has 4 aliphatic rings. The summed E-state index contributed by atoms with van der Waals surface area (Å²) in [5.74, 6) is 0.750. The van der Waals surface area contributed by atoms with Gasteiger partial charge in [-0.25, -0.2) is 4.79 Å². The second-order valence-corrected chi connectivity index (χ2v) is 14.0. The summed E-state index contributed by atoms with van der Waals surface area (Å²) in [4.78, 5) is 38.3. The summed E-state index contributed by atoms with van der Waals surface area (Å²) in [5, 5.41) is 7.56. The van der Waals surface area contributed by atoms with Crippen molar-refractivity contribution in [3.05, 3.63) is 33.8 Å². The largest absolute Gasteiger partial charge is 0.354 e. The van der Waals surface area contributed by atoms with Crippen molar-refractivity contribution in [2.75, 3.05) is 32.7 Å². The van der Waals surface area contributed by atoms with Crippen LogP contribution in [-0.4, -0.2) is 89.9 Å². The molecule has 3 unspecified atom stereocenters. The molecule has 238 valence electrons. The number of hydrogen-bond donors (Lipinski definition) is 2. The topological polar surface area (TPSA) is 80.3 Å². The summed E-state index contributed by atoms with van der Waals surface area (Å²) in [6.45, 7) is 6.35. The minimum atomic E-state index is -0.478. The molecule has 2 heterocycles. The van der Waals surface area contributed by atoms with Gasteiger partial charge in [0.25, 0.3) is 0 Å². The second-order valence-electron chi connectivity index (χ2n) is 13.2. The van der Waals surface area contributed by atoms with Gasteiger partial charge >= 0.3 is 6.03 Å². The zero-order valence-electron chi connectivity index (χ0n) is 25.8. The maximum Gasteiger partial charge on any atom is 0.318 e. The smallest absolute Gasteiger partial charge is 0.318 e. The number of amides is 3. The van der Waals surface area contributed by atoms with Crippen molar-refractivity contribution in [3.8, 4) is 0 Å². The number of hydrogen-bond acceptors (Lipinski definition) is 5. The van der Waals surface area contributed by atoms with Crippen LogP contribution >= 0.6 is 23.2 Å². The lowest BCUT2D eigenvalue weighted by atomic mass is 9.87. The third-order valence-corrected chi connectivity index (χ3v) is 10.8. The highest BCUT2D eigenvalue weighted by Crippen LogP contribution is 2.28. The van der Waals surface area contributed by atoms with E-state index in [4.69, 9.17) is 23.2 Å². The Morgan fingerprint density at radius 1 is 0.953 bits per heavy atom. The van der Waals surface area contributed by atoms with Gasteiger partial charge in [-0.1, -0.05) is 80.6 Å². The van der Waals surface area contributed by atoms with E-state index in [1.165, 1.54) is 44.9 Å². The molecule has 0 radical (unpaired) electrons. The van der Waals surface area contributed by atoms with Crippen LogP contribution in [0.25, 0.3) is 0 Å². The normalized spacial score (nSPS) is 25.7. The molecule has 1 aromatic rings. The lowest BCUT2D eigenvalue weighted by Crippen LogP contribution is -2.63.